The Hall–Kier alpha value is -2.13. The summed E-state index contributed by atoms with van der Waals surface area (Å²) in [4.78, 5) is 36.7. The SMILES string of the molecule is CC(C)Sc1ccc([N+](=O)[O-])cc1C(=O)N1CC(C(=O)O)O[C@H](C)C1. The molecule has 9 heteroatoms. The normalized spacial score (nSPS) is 20.6. The Bertz CT molecular complexity index is 693. The fraction of sp³-hybridized carbons (Fsp3) is 0.500. The van der Waals surface area contributed by atoms with Crippen molar-refractivity contribution in [3.8, 4) is 0 Å². The predicted molar refractivity (Wildman–Crippen MR) is 92.0 cm³/mol. The Labute approximate surface area is 149 Å². The fourth-order valence-electron chi connectivity index (χ4n) is 2.58. The van der Waals surface area contributed by atoms with Crippen LogP contribution in [-0.4, -0.2) is 57.4 Å². The van der Waals surface area contributed by atoms with Crippen LogP contribution in [-0.2, 0) is 9.53 Å². The van der Waals surface area contributed by atoms with Crippen molar-refractivity contribution in [3.05, 3.63) is 33.9 Å². The lowest BCUT2D eigenvalue weighted by atomic mass is 10.1. The minimum atomic E-state index is -1.14. The summed E-state index contributed by atoms with van der Waals surface area (Å²) in [6.45, 7) is 5.74. The predicted octanol–water partition coefficient (Wildman–Crippen LogP) is 2.41. The van der Waals surface area contributed by atoms with Gasteiger partial charge in [0, 0.05) is 28.8 Å². The zero-order chi connectivity index (χ0) is 18.7. The monoisotopic (exact) mass is 368 g/mol. The van der Waals surface area contributed by atoms with E-state index >= 15 is 0 Å². The Morgan fingerprint density at radius 3 is 2.64 bits per heavy atom. The molecule has 0 bridgehead atoms. The van der Waals surface area contributed by atoms with E-state index in [1.165, 1.54) is 28.8 Å². The van der Waals surface area contributed by atoms with Crippen LogP contribution >= 0.6 is 11.8 Å². The summed E-state index contributed by atoms with van der Waals surface area (Å²) >= 11 is 1.43. The third-order valence-corrected chi connectivity index (χ3v) is 4.67. The van der Waals surface area contributed by atoms with Crippen molar-refractivity contribution in [1.29, 1.82) is 0 Å². The van der Waals surface area contributed by atoms with Crippen LogP contribution in [0.25, 0.3) is 0 Å². The van der Waals surface area contributed by atoms with Gasteiger partial charge < -0.3 is 14.7 Å². The Morgan fingerprint density at radius 1 is 1.40 bits per heavy atom. The van der Waals surface area contributed by atoms with Crippen molar-refractivity contribution in [1.82, 2.24) is 4.90 Å². The van der Waals surface area contributed by atoms with Crippen molar-refractivity contribution in [2.45, 2.75) is 43.1 Å². The van der Waals surface area contributed by atoms with Gasteiger partial charge in [0.25, 0.3) is 11.6 Å². The van der Waals surface area contributed by atoms with Crippen LogP contribution in [0.2, 0.25) is 0 Å². The maximum atomic E-state index is 12.9. The van der Waals surface area contributed by atoms with Gasteiger partial charge in [-0.05, 0) is 13.0 Å². The molecule has 1 aliphatic heterocycles. The molecular formula is C16H20N2O6S. The van der Waals surface area contributed by atoms with Crippen molar-refractivity contribution in [2.24, 2.45) is 0 Å². The van der Waals surface area contributed by atoms with E-state index in [0.29, 0.717) is 4.90 Å². The van der Waals surface area contributed by atoms with Gasteiger partial charge in [0.2, 0.25) is 0 Å². The van der Waals surface area contributed by atoms with Gasteiger partial charge >= 0.3 is 5.97 Å². The molecule has 25 heavy (non-hydrogen) atoms. The standard InChI is InChI=1S/C16H20N2O6S/c1-9(2)25-14-5-4-11(18(22)23)6-12(14)15(19)17-7-10(3)24-13(8-17)16(20)21/h4-6,9-10,13H,7-8H2,1-3H3,(H,20,21)/t10-,13?/m1/s1. The van der Waals surface area contributed by atoms with Gasteiger partial charge in [-0.3, -0.25) is 14.9 Å². The highest BCUT2D eigenvalue weighted by molar-refractivity contribution is 8.00. The molecule has 1 heterocycles. The second-order valence-electron chi connectivity index (χ2n) is 6.09. The molecule has 0 saturated carbocycles. The number of carbonyl (C=O) groups excluding carboxylic acids is 1. The molecule has 0 aromatic heterocycles. The minimum Gasteiger partial charge on any atom is -0.479 e. The highest BCUT2D eigenvalue weighted by atomic mass is 32.2. The topological polar surface area (TPSA) is 110 Å². The largest absolute Gasteiger partial charge is 0.479 e. The number of hydrogen-bond donors (Lipinski definition) is 1. The molecule has 1 fully saturated rings. The van der Waals surface area contributed by atoms with Crippen molar-refractivity contribution < 1.29 is 24.4 Å². The van der Waals surface area contributed by atoms with Crippen LogP contribution in [0.5, 0.6) is 0 Å². The van der Waals surface area contributed by atoms with E-state index in [9.17, 15) is 19.7 Å². The Kier molecular flexibility index (Phi) is 6.02. The number of nitro benzene ring substituents is 1. The third kappa shape index (κ3) is 4.70. The van der Waals surface area contributed by atoms with Gasteiger partial charge in [0.05, 0.1) is 23.1 Å². The van der Waals surface area contributed by atoms with Crippen molar-refractivity contribution in [3.63, 3.8) is 0 Å². The summed E-state index contributed by atoms with van der Waals surface area (Å²) < 4.78 is 5.31. The maximum Gasteiger partial charge on any atom is 0.334 e. The molecule has 8 nitrogen and oxygen atoms in total. The minimum absolute atomic E-state index is 0.0903. The number of hydrogen-bond acceptors (Lipinski definition) is 6. The summed E-state index contributed by atoms with van der Waals surface area (Å²) in [5.41, 5.74) is 0.0405. The summed E-state index contributed by atoms with van der Waals surface area (Å²) in [5, 5.41) is 20.4. The number of carboxylic acid groups (broad SMARTS) is 1. The number of morpholine rings is 1. The number of rotatable bonds is 5. The number of benzene rings is 1. The summed E-state index contributed by atoms with van der Waals surface area (Å²) in [6, 6.07) is 4.18. The number of nitro groups is 1. The molecule has 1 aromatic rings. The maximum absolute atomic E-state index is 12.9. The molecule has 136 valence electrons. The number of amides is 1. The van der Waals surface area contributed by atoms with Crippen molar-refractivity contribution in [2.75, 3.05) is 13.1 Å². The molecule has 1 N–H and O–H groups in total. The third-order valence-electron chi connectivity index (χ3n) is 3.59. The van der Waals surface area contributed by atoms with Gasteiger partial charge in [-0.1, -0.05) is 13.8 Å². The zero-order valence-corrected chi connectivity index (χ0v) is 15.0. The number of carboxylic acids is 1. The first-order valence-electron chi connectivity index (χ1n) is 7.81. The molecule has 1 saturated heterocycles. The smallest absolute Gasteiger partial charge is 0.334 e. The Balaban J connectivity index is 2.36. The first-order valence-corrected chi connectivity index (χ1v) is 8.69. The second kappa shape index (κ2) is 7.83. The fourth-order valence-corrected chi connectivity index (χ4v) is 3.51. The summed E-state index contributed by atoms with van der Waals surface area (Å²) in [7, 11) is 0. The first kappa shape index (κ1) is 19.2. The quantitative estimate of drug-likeness (QED) is 0.483. The molecule has 2 rings (SSSR count). The number of ether oxygens (including phenoxy) is 1. The zero-order valence-electron chi connectivity index (χ0n) is 14.2. The lowest BCUT2D eigenvalue weighted by molar-refractivity contribution is -0.384. The number of nitrogens with zero attached hydrogens (tertiary/aromatic N) is 2. The molecule has 1 unspecified atom stereocenters. The number of non-ortho nitro benzene ring substituents is 1. The van der Waals surface area contributed by atoms with Gasteiger partial charge in [0.15, 0.2) is 6.10 Å². The van der Waals surface area contributed by atoms with E-state index < -0.39 is 29.0 Å². The second-order valence-corrected chi connectivity index (χ2v) is 7.71. The number of carbonyl (C=O) groups is 2. The van der Waals surface area contributed by atoms with Crippen LogP contribution in [0.4, 0.5) is 5.69 Å². The van der Waals surface area contributed by atoms with Crippen LogP contribution in [0, 0.1) is 10.1 Å². The molecule has 0 radical (unpaired) electrons. The first-order chi connectivity index (χ1) is 11.7. The molecular weight excluding hydrogens is 348 g/mol. The summed E-state index contributed by atoms with van der Waals surface area (Å²) in [6.07, 6.45) is -1.54. The average molecular weight is 368 g/mol. The van der Waals surface area contributed by atoms with Crippen LogP contribution in [0.15, 0.2) is 23.1 Å². The van der Waals surface area contributed by atoms with E-state index in [4.69, 9.17) is 9.84 Å². The molecule has 1 aromatic carbocycles. The van der Waals surface area contributed by atoms with E-state index in [1.807, 2.05) is 13.8 Å². The Morgan fingerprint density at radius 2 is 2.08 bits per heavy atom. The average Bonchev–Trinajstić information content (AvgIpc) is 2.53. The number of aliphatic carboxylic acids is 1. The van der Waals surface area contributed by atoms with E-state index in [-0.39, 0.29) is 29.6 Å². The lowest BCUT2D eigenvalue weighted by Gasteiger charge is -2.35. The van der Waals surface area contributed by atoms with Gasteiger partial charge in [-0.25, -0.2) is 4.79 Å². The van der Waals surface area contributed by atoms with E-state index in [2.05, 4.69) is 0 Å². The van der Waals surface area contributed by atoms with E-state index in [1.54, 1.807) is 13.0 Å². The molecule has 0 spiro atoms. The van der Waals surface area contributed by atoms with Gasteiger partial charge in [-0.15, -0.1) is 11.8 Å². The van der Waals surface area contributed by atoms with Crippen molar-refractivity contribution >= 4 is 29.3 Å². The van der Waals surface area contributed by atoms with Gasteiger partial charge in [0.1, 0.15) is 0 Å². The molecule has 2 atom stereocenters. The van der Waals surface area contributed by atoms with Crippen LogP contribution in [0.1, 0.15) is 31.1 Å². The molecule has 1 aliphatic rings. The van der Waals surface area contributed by atoms with E-state index in [0.717, 1.165) is 0 Å². The number of thioether (sulfide) groups is 1. The highest BCUT2D eigenvalue weighted by Gasteiger charge is 2.34. The summed E-state index contributed by atoms with van der Waals surface area (Å²) in [5.74, 6) is -1.56. The highest BCUT2D eigenvalue weighted by Crippen LogP contribution is 2.31. The van der Waals surface area contributed by atoms with Crippen LogP contribution < -0.4 is 0 Å². The molecule has 0 aliphatic carbocycles. The van der Waals surface area contributed by atoms with Crippen LogP contribution in [0.3, 0.4) is 0 Å². The molecule has 1 amide bonds. The van der Waals surface area contributed by atoms with Gasteiger partial charge in [-0.2, -0.15) is 0 Å². The lowest BCUT2D eigenvalue weighted by Crippen LogP contribution is -2.51.